The average molecular weight is 384 g/mol. The largest absolute Gasteiger partial charge is 0.491 e. The van der Waals surface area contributed by atoms with Crippen molar-refractivity contribution < 1.29 is 19.1 Å². The van der Waals surface area contributed by atoms with Gasteiger partial charge in [-0.25, -0.2) is 0 Å². The lowest BCUT2D eigenvalue weighted by Gasteiger charge is -2.15. The van der Waals surface area contributed by atoms with Crippen LogP contribution in [-0.2, 0) is 4.79 Å². The molecule has 2 N–H and O–H groups in total. The van der Waals surface area contributed by atoms with Crippen LogP contribution in [0.5, 0.6) is 11.5 Å². The Kier molecular flexibility index (Phi) is 7.87. The van der Waals surface area contributed by atoms with E-state index in [1.807, 2.05) is 38.1 Å². The monoisotopic (exact) mass is 384 g/mol. The number of carbonyl (C=O) groups is 2. The van der Waals surface area contributed by atoms with Gasteiger partial charge in [0.1, 0.15) is 11.5 Å². The summed E-state index contributed by atoms with van der Waals surface area (Å²) >= 11 is 0. The highest BCUT2D eigenvalue weighted by atomic mass is 16.5. The van der Waals surface area contributed by atoms with Crippen LogP contribution >= 0.6 is 0 Å². The first-order chi connectivity index (χ1) is 13.4. The van der Waals surface area contributed by atoms with Gasteiger partial charge in [0.2, 0.25) is 0 Å². The Balaban J connectivity index is 1.83. The van der Waals surface area contributed by atoms with E-state index in [4.69, 9.17) is 9.47 Å². The minimum Gasteiger partial charge on any atom is -0.491 e. The molecule has 0 aliphatic carbocycles. The van der Waals surface area contributed by atoms with Gasteiger partial charge >= 0.3 is 0 Å². The van der Waals surface area contributed by atoms with Crippen LogP contribution in [0.25, 0.3) is 0 Å². The van der Waals surface area contributed by atoms with E-state index in [2.05, 4.69) is 24.7 Å². The van der Waals surface area contributed by atoms with E-state index in [0.29, 0.717) is 23.0 Å². The van der Waals surface area contributed by atoms with E-state index in [0.717, 1.165) is 12.0 Å². The maximum Gasteiger partial charge on any atom is 0.276 e. The van der Waals surface area contributed by atoms with E-state index in [1.54, 1.807) is 24.3 Å². The number of hydrogen-bond acceptors (Lipinski definition) is 4. The molecule has 2 rings (SSSR count). The minimum absolute atomic E-state index is 0.0596. The van der Waals surface area contributed by atoms with E-state index in [-0.39, 0.29) is 12.7 Å². The fraction of sp³-hybridized carbons (Fsp3) is 0.364. The van der Waals surface area contributed by atoms with E-state index in [9.17, 15) is 9.59 Å². The number of ether oxygens (including phenoxy) is 2. The van der Waals surface area contributed by atoms with Crippen molar-refractivity contribution in [1.82, 2.24) is 10.9 Å². The molecule has 150 valence electrons. The first kappa shape index (κ1) is 21.3. The predicted octanol–water partition coefficient (Wildman–Crippen LogP) is 3.83. The molecule has 0 radical (unpaired) electrons. The summed E-state index contributed by atoms with van der Waals surface area (Å²) < 4.78 is 11.2. The van der Waals surface area contributed by atoms with Crippen molar-refractivity contribution in [2.75, 3.05) is 6.61 Å². The number of benzene rings is 2. The number of rotatable bonds is 8. The molecule has 0 aliphatic heterocycles. The lowest BCUT2D eigenvalue weighted by molar-refractivity contribution is -0.123. The SMILES string of the molecule is CCC(C)c1ccccc1OCC(=O)NNC(=O)c1ccc(OC(C)C)cc1. The van der Waals surface area contributed by atoms with Crippen LogP contribution in [0.2, 0.25) is 0 Å². The summed E-state index contributed by atoms with van der Waals surface area (Å²) in [6.07, 6.45) is 1.04. The molecular weight excluding hydrogens is 356 g/mol. The van der Waals surface area contributed by atoms with Crippen LogP contribution in [0.4, 0.5) is 0 Å². The molecule has 0 aliphatic rings. The zero-order valence-electron chi connectivity index (χ0n) is 16.8. The Morgan fingerprint density at radius 1 is 0.964 bits per heavy atom. The summed E-state index contributed by atoms with van der Waals surface area (Å²) in [6.45, 7) is 7.89. The summed E-state index contributed by atoms with van der Waals surface area (Å²) in [5, 5.41) is 0. The summed E-state index contributed by atoms with van der Waals surface area (Å²) in [5.41, 5.74) is 6.23. The first-order valence-corrected chi connectivity index (χ1v) is 9.48. The summed E-state index contributed by atoms with van der Waals surface area (Å²) in [6, 6.07) is 14.4. The van der Waals surface area contributed by atoms with E-state index < -0.39 is 11.8 Å². The van der Waals surface area contributed by atoms with Crippen LogP contribution in [0, 0.1) is 0 Å². The number of nitrogens with one attached hydrogen (secondary N) is 2. The van der Waals surface area contributed by atoms with Gasteiger partial charge in [0.15, 0.2) is 6.61 Å². The summed E-state index contributed by atoms with van der Waals surface area (Å²) in [4.78, 5) is 24.1. The normalized spacial score (nSPS) is 11.6. The average Bonchev–Trinajstić information content (AvgIpc) is 2.70. The van der Waals surface area contributed by atoms with Crippen molar-refractivity contribution in [2.24, 2.45) is 0 Å². The zero-order chi connectivity index (χ0) is 20.5. The third kappa shape index (κ3) is 6.30. The van der Waals surface area contributed by atoms with Gasteiger partial charge in [-0.2, -0.15) is 0 Å². The highest BCUT2D eigenvalue weighted by Gasteiger charge is 2.12. The quantitative estimate of drug-likeness (QED) is 0.678. The van der Waals surface area contributed by atoms with Crippen molar-refractivity contribution in [3.63, 3.8) is 0 Å². The zero-order valence-corrected chi connectivity index (χ0v) is 16.8. The van der Waals surface area contributed by atoms with Gasteiger partial charge in [0.05, 0.1) is 6.10 Å². The van der Waals surface area contributed by atoms with Crippen LogP contribution in [-0.4, -0.2) is 24.5 Å². The predicted molar refractivity (Wildman–Crippen MR) is 108 cm³/mol. The molecule has 1 unspecified atom stereocenters. The maximum atomic E-state index is 12.1. The summed E-state index contributed by atoms with van der Waals surface area (Å²) in [7, 11) is 0. The molecule has 0 bridgehead atoms. The maximum absolute atomic E-state index is 12.1. The van der Waals surface area contributed by atoms with Crippen molar-refractivity contribution in [3.8, 4) is 11.5 Å². The van der Waals surface area contributed by atoms with Gasteiger partial charge in [-0.05, 0) is 62.1 Å². The second kappa shape index (κ2) is 10.3. The third-order valence-electron chi connectivity index (χ3n) is 4.22. The Hall–Kier alpha value is -3.02. The summed E-state index contributed by atoms with van der Waals surface area (Å²) in [5.74, 6) is 0.848. The van der Waals surface area contributed by atoms with Crippen LogP contribution in [0.1, 0.15) is 56.0 Å². The molecule has 0 spiro atoms. The Morgan fingerprint density at radius 3 is 2.29 bits per heavy atom. The fourth-order valence-electron chi connectivity index (χ4n) is 2.57. The lowest BCUT2D eigenvalue weighted by Crippen LogP contribution is -2.43. The van der Waals surface area contributed by atoms with Gasteiger partial charge in [-0.15, -0.1) is 0 Å². The highest BCUT2D eigenvalue weighted by Crippen LogP contribution is 2.28. The molecule has 6 nitrogen and oxygen atoms in total. The molecule has 2 aromatic carbocycles. The molecule has 0 saturated carbocycles. The van der Waals surface area contributed by atoms with Crippen molar-refractivity contribution in [3.05, 3.63) is 59.7 Å². The molecule has 0 fully saturated rings. The second-order valence-corrected chi connectivity index (χ2v) is 6.83. The van der Waals surface area contributed by atoms with Gasteiger partial charge < -0.3 is 9.47 Å². The Bertz CT molecular complexity index is 787. The minimum atomic E-state index is -0.438. The van der Waals surface area contributed by atoms with Gasteiger partial charge in [-0.3, -0.25) is 20.4 Å². The smallest absolute Gasteiger partial charge is 0.276 e. The van der Waals surface area contributed by atoms with Gasteiger partial charge in [-0.1, -0.05) is 32.0 Å². The number of hydrogen-bond donors (Lipinski definition) is 2. The molecule has 0 saturated heterocycles. The van der Waals surface area contributed by atoms with Crippen molar-refractivity contribution >= 4 is 11.8 Å². The fourth-order valence-corrected chi connectivity index (χ4v) is 2.57. The highest BCUT2D eigenvalue weighted by molar-refractivity contribution is 5.95. The van der Waals surface area contributed by atoms with Gasteiger partial charge in [0, 0.05) is 5.56 Å². The third-order valence-corrected chi connectivity index (χ3v) is 4.22. The van der Waals surface area contributed by atoms with Crippen LogP contribution in [0.3, 0.4) is 0 Å². The molecule has 0 heterocycles. The molecule has 1 atom stereocenters. The topological polar surface area (TPSA) is 76.7 Å². The molecule has 2 aromatic rings. The van der Waals surface area contributed by atoms with Crippen molar-refractivity contribution in [2.45, 2.75) is 46.1 Å². The van der Waals surface area contributed by atoms with E-state index in [1.165, 1.54) is 0 Å². The second-order valence-electron chi connectivity index (χ2n) is 6.83. The first-order valence-electron chi connectivity index (χ1n) is 9.48. The molecule has 6 heteroatoms. The lowest BCUT2D eigenvalue weighted by atomic mass is 9.98. The van der Waals surface area contributed by atoms with Crippen molar-refractivity contribution in [1.29, 1.82) is 0 Å². The number of carbonyl (C=O) groups excluding carboxylic acids is 2. The molecule has 0 aromatic heterocycles. The Morgan fingerprint density at radius 2 is 1.64 bits per heavy atom. The van der Waals surface area contributed by atoms with E-state index >= 15 is 0 Å². The number of amides is 2. The standard InChI is InChI=1S/C22H28N2O4/c1-5-16(4)19-8-6-7-9-20(19)27-14-21(25)23-24-22(26)17-10-12-18(13-11-17)28-15(2)3/h6-13,15-16H,5,14H2,1-4H3,(H,23,25)(H,24,26). The molecule has 2 amide bonds. The number of hydrazine groups is 1. The van der Waals surface area contributed by atoms with Crippen LogP contribution < -0.4 is 20.3 Å². The Labute approximate surface area is 166 Å². The molecule has 28 heavy (non-hydrogen) atoms. The van der Waals surface area contributed by atoms with Gasteiger partial charge in [0.25, 0.3) is 11.8 Å². The number of para-hydroxylation sites is 1. The van der Waals surface area contributed by atoms with Crippen LogP contribution in [0.15, 0.2) is 48.5 Å². The molecular formula is C22H28N2O4.